The summed E-state index contributed by atoms with van der Waals surface area (Å²) in [5, 5.41) is 14.8. The van der Waals surface area contributed by atoms with Crippen molar-refractivity contribution in [2.24, 2.45) is 0 Å². The van der Waals surface area contributed by atoms with Gasteiger partial charge in [-0.3, -0.25) is 4.79 Å². The van der Waals surface area contributed by atoms with Crippen molar-refractivity contribution in [3.8, 4) is 0 Å². The van der Waals surface area contributed by atoms with Gasteiger partial charge >= 0.3 is 0 Å². The molecule has 1 unspecified atom stereocenters. The molecule has 0 aliphatic heterocycles. The Hall–Kier alpha value is -2.90. The van der Waals surface area contributed by atoms with E-state index in [1.165, 1.54) is 22.2 Å². The Bertz CT molecular complexity index is 1170. The molecule has 2 heterocycles. The number of rotatable bonds is 10. The minimum Gasteiger partial charge on any atom is -0.352 e. The summed E-state index contributed by atoms with van der Waals surface area (Å²) in [5.74, 6) is 0.983. The quantitative estimate of drug-likeness (QED) is 0.318. The maximum atomic E-state index is 13.2. The van der Waals surface area contributed by atoms with E-state index in [0.717, 1.165) is 48.8 Å². The molecule has 4 aromatic rings. The highest BCUT2D eigenvalue weighted by Gasteiger charge is 2.30. The summed E-state index contributed by atoms with van der Waals surface area (Å²) < 4.78 is 2.19. The van der Waals surface area contributed by atoms with Gasteiger partial charge in [-0.2, -0.15) is 0 Å². The van der Waals surface area contributed by atoms with Crippen LogP contribution in [-0.4, -0.2) is 26.7 Å². The largest absolute Gasteiger partial charge is 0.352 e. The van der Waals surface area contributed by atoms with Gasteiger partial charge in [-0.1, -0.05) is 78.5 Å². The monoisotopic (exact) mass is 474 g/mol. The van der Waals surface area contributed by atoms with Gasteiger partial charge in [-0.15, -0.1) is 21.5 Å². The summed E-state index contributed by atoms with van der Waals surface area (Å²) in [7, 11) is 0. The van der Waals surface area contributed by atoms with Gasteiger partial charge in [-0.05, 0) is 41.8 Å². The van der Waals surface area contributed by atoms with Crippen LogP contribution in [0.2, 0.25) is 0 Å². The SMILES string of the molecule is O=C(NC1CC1)C(Sc1nnc(Cc2cccs2)n1CCc1ccccc1)c1ccccc1. The Morgan fingerprint density at radius 2 is 1.79 bits per heavy atom. The van der Waals surface area contributed by atoms with Crippen LogP contribution in [0.15, 0.2) is 83.3 Å². The molecule has 0 bridgehead atoms. The Morgan fingerprint density at radius 1 is 1.03 bits per heavy atom. The van der Waals surface area contributed by atoms with Crippen molar-refractivity contribution >= 4 is 29.0 Å². The van der Waals surface area contributed by atoms with Crippen LogP contribution in [-0.2, 0) is 24.2 Å². The zero-order valence-electron chi connectivity index (χ0n) is 18.3. The summed E-state index contributed by atoms with van der Waals surface area (Å²) >= 11 is 3.22. The highest BCUT2D eigenvalue weighted by Crippen LogP contribution is 2.36. The molecule has 2 aromatic heterocycles. The van der Waals surface area contributed by atoms with Crippen LogP contribution in [0, 0.1) is 0 Å². The van der Waals surface area contributed by atoms with E-state index in [1.54, 1.807) is 11.3 Å². The van der Waals surface area contributed by atoms with Gasteiger partial charge in [0.05, 0.1) is 0 Å². The smallest absolute Gasteiger partial charge is 0.238 e. The third-order valence-electron chi connectivity index (χ3n) is 5.66. The summed E-state index contributed by atoms with van der Waals surface area (Å²) in [5.41, 5.74) is 2.26. The van der Waals surface area contributed by atoms with Gasteiger partial charge in [-0.25, -0.2) is 0 Å². The van der Waals surface area contributed by atoms with Crippen LogP contribution in [0.1, 0.15) is 39.9 Å². The number of benzene rings is 2. The first kappa shape index (κ1) is 21.9. The van der Waals surface area contributed by atoms with Gasteiger partial charge in [0.15, 0.2) is 5.16 Å². The number of carbonyl (C=O) groups excluding carboxylic acids is 1. The molecule has 1 atom stereocenters. The van der Waals surface area contributed by atoms with Crippen molar-refractivity contribution in [3.63, 3.8) is 0 Å². The highest BCUT2D eigenvalue weighted by atomic mass is 32.2. The lowest BCUT2D eigenvalue weighted by molar-refractivity contribution is -0.120. The number of amides is 1. The Morgan fingerprint density at radius 3 is 2.48 bits per heavy atom. The molecule has 1 aliphatic carbocycles. The van der Waals surface area contributed by atoms with Crippen molar-refractivity contribution in [2.75, 3.05) is 0 Å². The molecule has 1 N–H and O–H groups in total. The number of aromatic nitrogens is 3. The predicted molar refractivity (Wildman–Crippen MR) is 133 cm³/mol. The maximum absolute atomic E-state index is 13.2. The maximum Gasteiger partial charge on any atom is 0.238 e. The summed E-state index contributed by atoms with van der Waals surface area (Å²) in [4.78, 5) is 14.4. The second-order valence-electron chi connectivity index (χ2n) is 8.23. The Balaban J connectivity index is 1.43. The third-order valence-corrected chi connectivity index (χ3v) is 7.77. The topological polar surface area (TPSA) is 59.8 Å². The second-order valence-corrected chi connectivity index (χ2v) is 10.3. The number of aryl methyl sites for hydroxylation is 1. The molecule has 5 nitrogen and oxygen atoms in total. The standard InChI is InChI=1S/C26H26N4OS2/c31-25(27-21-13-14-21)24(20-10-5-2-6-11-20)33-26-29-28-23(18-22-12-7-17-32-22)30(26)16-15-19-8-3-1-4-9-19/h1-12,17,21,24H,13-16,18H2,(H,27,31). The van der Waals surface area contributed by atoms with Crippen molar-refractivity contribution in [2.45, 2.75) is 48.7 Å². The zero-order valence-corrected chi connectivity index (χ0v) is 19.9. The molecule has 1 aliphatic rings. The third kappa shape index (κ3) is 5.72. The molecular formula is C26H26N4OS2. The fourth-order valence-electron chi connectivity index (χ4n) is 3.73. The van der Waals surface area contributed by atoms with Crippen molar-refractivity contribution in [1.82, 2.24) is 20.1 Å². The minimum absolute atomic E-state index is 0.0473. The van der Waals surface area contributed by atoms with Crippen LogP contribution in [0.5, 0.6) is 0 Å². The van der Waals surface area contributed by atoms with E-state index in [1.807, 2.05) is 36.4 Å². The van der Waals surface area contributed by atoms with E-state index in [2.05, 4.69) is 61.9 Å². The summed E-state index contributed by atoms with van der Waals surface area (Å²) in [6.45, 7) is 0.770. The first-order chi connectivity index (χ1) is 16.3. The van der Waals surface area contributed by atoms with Crippen LogP contribution < -0.4 is 5.32 Å². The molecule has 7 heteroatoms. The van der Waals surface area contributed by atoms with E-state index in [4.69, 9.17) is 0 Å². The number of hydrogen-bond donors (Lipinski definition) is 1. The highest BCUT2D eigenvalue weighted by molar-refractivity contribution is 8.00. The van der Waals surface area contributed by atoms with E-state index in [-0.39, 0.29) is 11.2 Å². The predicted octanol–water partition coefficient (Wildman–Crippen LogP) is 5.29. The Labute approximate surface area is 202 Å². The van der Waals surface area contributed by atoms with Gasteiger partial charge in [0.2, 0.25) is 5.91 Å². The van der Waals surface area contributed by atoms with Crippen molar-refractivity contribution in [1.29, 1.82) is 0 Å². The fourth-order valence-corrected chi connectivity index (χ4v) is 5.52. The minimum atomic E-state index is -0.360. The van der Waals surface area contributed by atoms with E-state index >= 15 is 0 Å². The number of carbonyl (C=O) groups is 1. The fraction of sp³-hybridized carbons (Fsp3) is 0.269. The molecule has 0 radical (unpaired) electrons. The number of nitrogens with zero attached hydrogens (tertiary/aromatic N) is 3. The van der Waals surface area contributed by atoms with E-state index in [0.29, 0.717) is 6.04 Å². The van der Waals surface area contributed by atoms with Crippen LogP contribution >= 0.6 is 23.1 Å². The summed E-state index contributed by atoms with van der Waals surface area (Å²) in [6.07, 6.45) is 3.75. The first-order valence-corrected chi connectivity index (χ1v) is 13.0. The molecule has 0 spiro atoms. The van der Waals surface area contributed by atoms with E-state index < -0.39 is 0 Å². The average molecular weight is 475 g/mol. The van der Waals surface area contributed by atoms with Gasteiger partial charge in [0, 0.05) is 23.9 Å². The molecule has 0 saturated heterocycles. The number of nitrogens with one attached hydrogen (secondary N) is 1. The molecule has 1 fully saturated rings. The van der Waals surface area contributed by atoms with E-state index in [9.17, 15) is 4.79 Å². The lowest BCUT2D eigenvalue weighted by atomic mass is 10.1. The molecule has 33 heavy (non-hydrogen) atoms. The zero-order chi connectivity index (χ0) is 22.5. The summed E-state index contributed by atoms with van der Waals surface area (Å²) in [6, 6.07) is 24.9. The Kier molecular flexibility index (Phi) is 6.88. The number of hydrogen-bond acceptors (Lipinski definition) is 5. The van der Waals surface area contributed by atoms with Crippen LogP contribution in [0.3, 0.4) is 0 Å². The lowest BCUT2D eigenvalue weighted by Crippen LogP contribution is -2.30. The number of thioether (sulfide) groups is 1. The van der Waals surface area contributed by atoms with Gasteiger partial charge in [0.1, 0.15) is 11.1 Å². The molecule has 1 amide bonds. The second kappa shape index (κ2) is 10.4. The van der Waals surface area contributed by atoms with Crippen LogP contribution in [0.25, 0.3) is 0 Å². The molecule has 5 rings (SSSR count). The van der Waals surface area contributed by atoms with Crippen molar-refractivity contribution in [3.05, 3.63) is 100 Å². The molecule has 168 valence electrons. The van der Waals surface area contributed by atoms with Gasteiger partial charge < -0.3 is 9.88 Å². The first-order valence-electron chi connectivity index (χ1n) is 11.3. The average Bonchev–Trinajstić information content (AvgIpc) is 3.36. The van der Waals surface area contributed by atoms with Crippen molar-refractivity contribution < 1.29 is 4.79 Å². The molecular weight excluding hydrogens is 448 g/mol. The van der Waals surface area contributed by atoms with Crippen LogP contribution in [0.4, 0.5) is 0 Å². The van der Waals surface area contributed by atoms with Gasteiger partial charge in [0.25, 0.3) is 0 Å². The number of thiophene rings is 1. The molecule has 1 saturated carbocycles. The normalized spacial score (nSPS) is 14.2. The molecule has 2 aromatic carbocycles. The lowest BCUT2D eigenvalue weighted by Gasteiger charge is -2.17.